The van der Waals surface area contributed by atoms with Gasteiger partial charge in [0.1, 0.15) is 0 Å². The first-order valence-corrected chi connectivity index (χ1v) is 6.78. The molecule has 2 aromatic carbocycles. The topological polar surface area (TPSA) is 66.4 Å². The van der Waals surface area contributed by atoms with E-state index in [1.807, 2.05) is 30.3 Å². The quantitative estimate of drug-likeness (QED) is 0.856. The third-order valence-corrected chi connectivity index (χ3v) is 3.17. The Morgan fingerprint density at radius 1 is 0.952 bits per heavy atom. The summed E-state index contributed by atoms with van der Waals surface area (Å²) in [5, 5.41) is 11.8. The second-order valence-corrected chi connectivity index (χ2v) is 4.74. The summed E-state index contributed by atoms with van der Waals surface area (Å²) in [4.78, 5) is 23.2. The molecule has 0 heterocycles. The van der Waals surface area contributed by atoms with Gasteiger partial charge in [0.25, 0.3) is 0 Å². The van der Waals surface area contributed by atoms with Gasteiger partial charge in [-0.1, -0.05) is 60.7 Å². The van der Waals surface area contributed by atoms with E-state index in [1.165, 1.54) is 0 Å². The number of nitrogens with one attached hydrogen (secondary N) is 1. The van der Waals surface area contributed by atoms with Crippen LogP contribution in [-0.2, 0) is 16.0 Å². The van der Waals surface area contributed by atoms with Crippen molar-refractivity contribution in [1.82, 2.24) is 5.32 Å². The zero-order valence-corrected chi connectivity index (χ0v) is 11.5. The van der Waals surface area contributed by atoms with Gasteiger partial charge in [-0.2, -0.15) is 0 Å². The van der Waals surface area contributed by atoms with Crippen LogP contribution in [0.5, 0.6) is 0 Å². The molecule has 0 radical (unpaired) electrons. The molecule has 1 atom stereocenters. The van der Waals surface area contributed by atoms with Crippen molar-refractivity contribution in [2.75, 3.05) is 0 Å². The summed E-state index contributed by atoms with van der Waals surface area (Å²) in [6.07, 6.45) is 0.856. The van der Waals surface area contributed by atoms with Crippen LogP contribution in [0, 0.1) is 0 Å². The number of carboxylic acids is 1. The van der Waals surface area contributed by atoms with Crippen molar-refractivity contribution in [3.05, 3.63) is 71.8 Å². The molecule has 0 aliphatic carbocycles. The number of benzene rings is 2. The Kier molecular flexibility index (Phi) is 5.10. The van der Waals surface area contributed by atoms with Gasteiger partial charge >= 0.3 is 5.97 Å². The van der Waals surface area contributed by atoms with E-state index in [9.17, 15) is 14.7 Å². The van der Waals surface area contributed by atoms with Gasteiger partial charge in [-0.15, -0.1) is 0 Å². The smallest absolute Gasteiger partial charge is 0.330 e. The Bertz CT molecular complexity index is 596. The predicted molar refractivity (Wildman–Crippen MR) is 79.7 cm³/mol. The average molecular weight is 283 g/mol. The fraction of sp³-hybridized carbons (Fsp3) is 0.176. The molecule has 108 valence electrons. The first-order chi connectivity index (χ1) is 10.2. The zero-order valence-electron chi connectivity index (χ0n) is 11.5. The molecular formula is C17H17NO3. The molecule has 0 aromatic heterocycles. The van der Waals surface area contributed by atoms with E-state index in [2.05, 4.69) is 5.32 Å². The molecule has 0 bridgehead atoms. The molecule has 0 aliphatic heterocycles. The molecule has 2 rings (SSSR count). The molecule has 4 heteroatoms. The summed E-state index contributed by atoms with van der Waals surface area (Å²) in [6, 6.07) is 17.3. The number of carbonyl (C=O) groups is 2. The number of aryl methyl sites for hydroxylation is 1. The number of amides is 1. The van der Waals surface area contributed by atoms with E-state index < -0.39 is 12.0 Å². The van der Waals surface area contributed by atoms with Gasteiger partial charge in [-0.05, 0) is 17.5 Å². The summed E-state index contributed by atoms with van der Waals surface area (Å²) < 4.78 is 0. The summed E-state index contributed by atoms with van der Waals surface area (Å²) in [7, 11) is 0. The normalized spacial score (nSPS) is 11.6. The lowest BCUT2D eigenvalue weighted by Gasteiger charge is -2.14. The van der Waals surface area contributed by atoms with Crippen molar-refractivity contribution in [3.8, 4) is 0 Å². The second-order valence-electron chi connectivity index (χ2n) is 4.74. The molecule has 4 nitrogen and oxygen atoms in total. The van der Waals surface area contributed by atoms with E-state index in [-0.39, 0.29) is 12.3 Å². The first kappa shape index (κ1) is 14.8. The first-order valence-electron chi connectivity index (χ1n) is 6.78. The van der Waals surface area contributed by atoms with E-state index in [0.29, 0.717) is 12.0 Å². The number of hydrogen-bond acceptors (Lipinski definition) is 2. The van der Waals surface area contributed by atoms with Crippen molar-refractivity contribution in [2.45, 2.75) is 18.9 Å². The van der Waals surface area contributed by atoms with Crippen molar-refractivity contribution in [1.29, 1.82) is 0 Å². The summed E-state index contributed by atoms with van der Waals surface area (Å²) in [6.45, 7) is 0. The van der Waals surface area contributed by atoms with Crippen LogP contribution in [0.15, 0.2) is 60.7 Å². The standard InChI is InChI=1S/C17H17NO3/c19-15(12-11-13-7-3-1-4-8-13)18-16(17(20)21)14-9-5-2-6-10-14/h1-10,16H,11-12H2,(H,18,19)(H,20,21)/t16-/m0/s1. The minimum absolute atomic E-state index is 0.265. The van der Waals surface area contributed by atoms with Crippen LogP contribution in [0.4, 0.5) is 0 Å². The number of hydrogen-bond donors (Lipinski definition) is 2. The lowest BCUT2D eigenvalue weighted by Crippen LogP contribution is -2.33. The third-order valence-electron chi connectivity index (χ3n) is 3.17. The Morgan fingerprint density at radius 3 is 2.10 bits per heavy atom. The van der Waals surface area contributed by atoms with Crippen LogP contribution in [0.25, 0.3) is 0 Å². The number of carbonyl (C=O) groups excluding carboxylic acids is 1. The van der Waals surface area contributed by atoms with Gasteiger partial charge in [0.15, 0.2) is 6.04 Å². The van der Waals surface area contributed by atoms with Crippen LogP contribution < -0.4 is 5.32 Å². The third kappa shape index (κ3) is 4.45. The molecule has 21 heavy (non-hydrogen) atoms. The highest BCUT2D eigenvalue weighted by Gasteiger charge is 2.21. The van der Waals surface area contributed by atoms with E-state index in [1.54, 1.807) is 30.3 Å². The maximum atomic E-state index is 11.9. The maximum Gasteiger partial charge on any atom is 0.330 e. The van der Waals surface area contributed by atoms with Crippen LogP contribution in [0.1, 0.15) is 23.6 Å². The van der Waals surface area contributed by atoms with Gasteiger partial charge in [0.2, 0.25) is 5.91 Å². The summed E-state index contributed by atoms with van der Waals surface area (Å²) >= 11 is 0. The highest BCUT2D eigenvalue weighted by Crippen LogP contribution is 2.13. The van der Waals surface area contributed by atoms with Crippen LogP contribution in [0.3, 0.4) is 0 Å². The molecule has 2 aromatic rings. The van der Waals surface area contributed by atoms with E-state index in [4.69, 9.17) is 0 Å². The lowest BCUT2D eigenvalue weighted by atomic mass is 10.1. The molecule has 0 unspecified atom stereocenters. The average Bonchev–Trinajstić information content (AvgIpc) is 2.52. The van der Waals surface area contributed by atoms with Gasteiger partial charge < -0.3 is 10.4 Å². The molecule has 0 spiro atoms. The Labute approximate surface area is 123 Å². The van der Waals surface area contributed by atoms with Crippen LogP contribution in [0.2, 0.25) is 0 Å². The molecule has 0 aliphatic rings. The Morgan fingerprint density at radius 2 is 1.52 bits per heavy atom. The zero-order chi connectivity index (χ0) is 15.1. The molecular weight excluding hydrogens is 266 g/mol. The van der Waals surface area contributed by atoms with Crippen molar-refractivity contribution in [3.63, 3.8) is 0 Å². The Hall–Kier alpha value is -2.62. The highest BCUT2D eigenvalue weighted by atomic mass is 16.4. The van der Waals surface area contributed by atoms with E-state index >= 15 is 0 Å². The number of rotatable bonds is 6. The fourth-order valence-electron chi connectivity index (χ4n) is 2.07. The largest absolute Gasteiger partial charge is 0.479 e. The van der Waals surface area contributed by atoms with Gasteiger partial charge in [-0.25, -0.2) is 4.79 Å². The van der Waals surface area contributed by atoms with Crippen LogP contribution >= 0.6 is 0 Å². The molecule has 0 fully saturated rings. The molecule has 1 amide bonds. The molecule has 0 saturated carbocycles. The Balaban J connectivity index is 1.95. The number of carboxylic acid groups (broad SMARTS) is 1. The molecule has 0 saturated heterocycles. The van der Waals surface area contributed by atoms with Crippen LogP contribution in [-0.4, -0.2) is 17.0 Å². The summed E-state index contributed by atoms with van der Waals surface area (Å²) in [5.41, 5.74) is 1.62. The highest BCUT2D eigenvalue weighted by molar-refractivity contribution is 5.84. The predicted octanol–water partition coefficient (Wildman–Crippen LogP) is 2.56. The van der Waals surface area contributed by atoms with E-state index in [0.717, 1.165) is 5.56 Å². The SMILES string of the molecule is O=C(CCc1ccccc1)N[C@H](C(=O)O)c1ccccc1. The minimum atomic E-state index is -1.06. The van der Waals surface area contributed by atoms with Gasteiger partial charge in [0, 0.05) is 6.42 Å². The second kappa shape index (κ2) is 7.24. The van der Waals surface area contributed by atoms with Crippen molar-refractivity contribution < 1.29 is 14.7 Å². The monoisotopic (exact) mass is 283 g/mol. The van der Waals surface area contributed by atoms with Crippen molar-refractivity contribution >= 4 is 11.9 Å². The molecule has 2 N–H and O–H groups in total. The number of aliphatic carboxylic acids is 1. The minimum Gasteiger partial charge on any atom is -0.479 e. The summed E-state index contributed by atoms with van der Waals surface area (Å²) in [5.74, 6) is -1.33. The van der Waals surface area contributed by atoms with Gasteiger partial charge in [-0.3, -0.25) is 4.79 Å². The fourth-order valence-corrected chi connectivity index (χ4v) is 2.07. The van der Waals surface area contributed by atoms with Crippen molar-refractivity contribution in [2.24, 2.45) is 0 Å². The maximum absolute atomic E-state index is 11.9. The lowest BCUT2D eigenvalue weighted by molar-refractivity contribution is -0.142. The van der Waals surface area contributed by atoms with Gasteiger partial charge in [0.05, 0.1) is 0 Å².